The van der Waals surface area contributed by atoms with Crippen LogP contribution in [0.5, 0.6) is 0 Å². The van der Waals surface area contributed by atoms with E-state index in [0.29, 0.717) is 0 Å². The second-order valence-corrected chi connectivity index (χ2v) is 8.19. The molecule has 6 nitrogen and oxygen atoms in total. The molecule has 2 aliphatic rings. The second kappa shape index (κ2) is 11.2. The van der Waals surface area contributed by atoms with E-state index in [-0.39, 0.29) is 48.2 Å². The Morgan fingerprint density at radius 3 is 2.61 bits per heavy atom. The normalized spacial score (nSPS) is 26.5. The number of anilines is 1. The molecular formula is C20H35Cl2N5O. The highest BCUT2D eigenvalue weighted by Crippen LogP contribution is 2.31. The van der Waals surface area contributed by atoms with E-state index in [9.17, 15) is 4.79 Å². The summed E-state index contributed by atoms with van der Waals surface area (Å²) in [5.41, 5.74) is 6.01. The molecule has 3 N–H and O–H groups in total. The number of carbonyl (C=O) groups excluding carboxylic acids is 1. The minimum Gasteiger partial charge on any atom is -0.354 e. The molecule has 0 bridgehead atoms. The number of carbonyl (C=O) groups is 1. The summed E-state index contributed by atoms with van der Waals surface area (Å²) in [6, 6.07) is 6.18. The maximum absolute atomic E-state index is 12.7. The number of nitrogens with one attached hydrogen (secondary N) is 1. The molecule has 3 atom stereocenters. The van der Waals surface area contributed by atoms with Gasteiger partial charge >= 0.3 is 0 Å². The molecule has 1 saturated carbocycles. The van der Waals surface area contributed by atoms with Crippen LogP contribution in [0, 0.1) is 5.92 Å². The van der Waals surface area contributed by atoms with Gasteiger partial charge in [-0.05, 0) is 38.8 Å². The molecular weight excluding hydrogens is 397 g/mol. The maximum atomic E-state index is 12.7. The zero-order chi connectivity index (χ0) is 18.6. The summed E-state index contributed by atoms with van der Waals surface area (Å²) in [5.74, 6) is 1.13. The van der Waals surface area contributed by atoms with Gasteiger partial charge in [0.15, 0.2) is 0 Å². The van der Waals surface area contributed by atoms with Gasteiger partial charge in [0.05, 0.1) is 5.92 Å². The summed E-state index contributed by atoms with van der Waals surface area (Å²) in [4.78, 5) is 21.9. The Bertz CT molecular complexity index is 594. The van der Waals surface area contributed by atoms with Crippen LogP contribution in [0.2, 0.25) is 0 Å². The van der Waals surface area contributed by atoms with Crippen molar-refractivity contribution >= 4 is 36.5 Å². The smallest absolute Gasteiger partial charge is 0.225 e. The summed E-state index contributed by atoms with van der Waals surface area (Å²) < 4.78 is 0. The third kappa shape index (κ3) is 6.48. The van der Waals surface area contributed by atoms with Crippen LogP contribution in [-0.2, 0) is 4.79 Å². The molecule has 2 heterocycles. The van der Waals surface area contributed by atoms with Crippen molar-refractivity contribution in [3.05, 3.63) is 24.4 Å². The van der Waals surface area contributed by atoms with Gasteiger partial charge in [-0.15, -0.1) is 24.8 Å². The Morgan fingerprint density at radius 2 is 2.00 bits per heavy atom. The molecule has 0 radical (unpaired) electrons. The monoisotopic (exact) mass is 431 g/mol. The van der Waals surface area contributed by atoms with E-state index in [1.54, 1.807) is 0 Å². The largest absolute Gasteiger partial charge is 0.354 e. The predicted molar refractivity (Wildman–Crippen MR) is 120 cm³/mol. The van der Waals surface area contributed by atoms with Gasteiger partial charge in [-0.2, -0.15) is 0 Å². The average molecular weight is 432 g/mol. The first-order valence-electron chi connectivity index (χ1n) is 9.93. The van der Waals surface area contributed by atoms with Crippen LogP contribution in [0.15, 0.2) is 24.4 Å². The molecule has 1 aliphatic carbocycles. The molecule has 1 aromatic heterocycles. The molecule has 0 spiro atoms. The Hall–Kier alpha value is -1.08. The Labute approximate surface area is 181 Å². The molecule has 8 heteroatoms. The molecule has 1 saturated heterocycles. The van der Waals surface area contributed by atoms with E-state index in [1.807, 2.05) is 25.3 Å². The van der Waals surface area contributed by atoms with Gasteiger partial charge in [-0.3, -0.25) is 9.69 Å². The van der Waals surface area contributed by atoms with Crippen molar-refractivity contribution in [3.63, 3.8) is 0 Å². The highest BCUT2D eigenvalue weighted by Gasteiger charge is 2.38. The third-order valence-electron chi connectivity index (χ3n) is 5.84. The van der Waals surface area contributed by atoms with Crippen molar-refractivity contribution in [1.29, 1.82) is 0 Å². The fourth-order valence-electron chi connectivity index (χ4n) is 4.27. The lowest BCUT2D eigenvalue weighted by atomic mass is 9.74. The number of halogens is 2. The van der Waals surface area contributed by atoms with Crippen LogP contribution in [0.25, 0.3) is 0 Å². The van der Waals surface area contributed by atoms with Crippen LogP contribution in [0.3, 0.4) is 0 Å². The van der Waals surface area contributed by atoms with E-state index in [1.165, 1.54) is 0 Å². The second-order valence-electron chi connectivity index (χ2n) is 8.19. The molecule has 3 rings (SSSR count). The third-order valence-corrected chi connectivity index (χ3v) is 5.84. The van der Waals surface area contributed by atoms with E-state index < -0.39 is 0 Å². The molecule has 1 amide bonds. The first-order valence-corrected chi connectivity index (χ1v) is 9.93. The number of pyridine rings is 1. The van der Waals surface area contributed by atoms with E-state index in [2.05, 4.69) is 33.1 Å². The van der Waals surface area contributed by atoms with Crippen molar-refractivity contribution in [2.75, 3.05) is 37.6 Å². The minimum atomic E-state index is -0.365. The highest BCUT2D eigenvalue weighted by molar-refractivity contribution is 5.85. The van der Waals surface area contributed by atoms with Crippen LogP contribution in [-0.4, -0.2) is 60.1 Å². The van der Waals surface area contributed by atoms with Crippen LogP contribution in [0.1, 0.15) is 39.5 Å². The standard InChI is InChI=1S/C20H33N5O.2ClH/c1-16(23-19(26)17-7-3-5-9-20(17,2)21)15-24-11-13-25(14-12-24)18-8-4-6-10-22-18;;/h4,6,8,10,16-17H,3,5,7,9,11-15,21H2,1-2H3,(H,23,26);2*1H. The Morgan fingerprint density at radius 1 is 1.29 bits per heavy atom. The van der Waals surface area contributed by atoms with E-state index >= 15 is 0 Å². The van der Waals surface area contributed by atoms with Gasteiger partial charge in [-0.25, -0.2) is 4.98 Å². The molecule has 28 heavy (non-hydrogen) atoms. The topological polar surface area (TPSA) is 74.5 Å². The van der Waals surface area contributed by atoms with Crippen molar-refractivity contribution in [2.24, 2.45) is 11.7 Å². The minimum absolute atomic E-state index is 0. The SMILES string of the molecule is CC(CN1CCN(c2ccccn2)CC1)NC(=O)C1CCCCC1(C)N.Cl.Cl. The number of aromatic nitrogens is 1. The quantitative estimate of drug-likeness (QED) is 0.748. The summed E-state index contributed by atoms with van der Waals surface area (Å²) in [6.07, 6.45) is 5.93. The fraction of sp³-hybridized carbons (Fsp3) is 0.700. The lowest BCUT2D eigenvalue weighted by Gasteiger charge is -2.39. The molecule has 160 valence electrons. The summed E-state index contributed by atoms with van der Waals surface area (Å²) in [5, 5.41) is 3.21. The first-order chi connectivity index (χ1) is 12.5. The molecule has 3 unspecified atom stereocenters. The number of hydrogen-bond acceptors (Lipinski definition) is 5. The summed E-state index contributed by atoms with van der Waals surface area (Å²) in [7, 11) is 0. The Balaban J connectivity index is 0.00000196. The first kappa shape index (κ1) is 25.0. The zero-order valence-electron chi connectivity index (χ0n) is 17.0. The lowest BCUT2D eigenvalue weighted by Crippen LogP contribution is -2.56. The van der Waals surface area contributed by atoms with Crippen molar-refractivity contribution < 1.29 is 4.79 Å². The number of nitrogens with two attached hydrogens (primary N) is 1. The molecule has 1 aliphatic heterocycles. The van der Waals surface area contributed by atoms with Gasteiger partial charge in [0.25, 0.3) is 0 Å². The average Bonchev–Trinajstić information content (AvgIpc) is 2.62. The van der Waals surface area contributed by atoms with E-state index in [4.69, 9.17) is 5.73 Å². The van der Waals surface area contributed by atoms with Gasteiger partial charge in [-0.1, -0.05) is 18.9 Å². The van der Waals surface area contributed by atoms with E-state index in [0.717, 1.165) is 64.2 Å². The van der Waals surface area contributed by atoms with Crippen molar-refractivity contribution in [2.45, 2.75) is 51.1 Å². The number of rotatable bonds is 5. The van der Waals surface area contributed by atoms with Crippen LogP contribution >= 0.6 is 24.8 Å². The fourth-order valence-corrected chi connectivity index (χ4v) is 4.27. The van der Waals surface area contributed by atoms with Gasteiger partial charge in [0.1, 0.15) is 5.82 Å². The Kier molecular flexibility index (Phi) is 9.98. The van der Waals surface area contributed by atoms with Crippen molar-refractivity contribution in [3.8, 4) is 0 Å². The predicted octanol–water partition coefficient (Wildman–Crippen LogP) is 2.46. The number of piperazine rings is 1. The molecule has 1 aromatic rings. The van der Waals surface area contributed by atoms with Crippen LogP contribution in [0.4, 0.5) is 5.82 Å². The number of amides is 1. The maximum Gasteiger partial charge on any atom is 0.225 e. The zero-order valence-corrected chi connectivity index (χ0v) is 18.6. The number of hydrogen-bond donors (Lipinski definition) is 2. The highest BCUT2D eigenvalue weighted by atomic mass is 35.5. The van der Waals surface area contributed by atoms with Gasteiger partial charge in [0.2, 0.25) is 5.91 Å². The van der Waals surface area contributed by atoms with Gasteiger partial charge < -0.3 is 16.0 Å². The van der Waals surface area contributed by atoms with Crippen molar-refractivity contribution in [1.82, 2.24) is 15.2 Å². The van der Waals surface area contributed by atoms with Gasteiger partial charge in [0, 0.05) is 50.5 Å². The number of nitrogens with zero attached hydrogens (tertiary/aromatic N) is 3. The molecule has 2 fully saturated rings. The summed E-state index contributed by atoms with van der Waals surface area (Å²) in [6.45, 7) is 8.94. The van der Waals surface area contributed by atoms with Crippen LogP contribution < -0.4 is 16.0 Å². The lowest BCUT2D eigenvalue weighted by molar-refractivity contribution is -0.128. The molecule has 0 aromatic carbocycles. The summed E-state index contributed by atoms with van der Waals surface area (Å²) >= 11 is 0.